The first-order valence-corrected chi connectivity index (χ1v) is 8.04. The molecule has 0 aromatic rings. The van der Waals surface area contributed by atoms with E-state index in [1.54, 1.807) is 0 Å². The normalized spacial score (nSPS) is 13.9. The summed E-state index contributed by atoms with van der Waals surface area (Å²) in [4.78, 5) is 22.1. The number of hydrogen-bond acceptors (Lipinski definition) is 4. The van der Waals surface area contributed by atoms with Gasteiger partial charge in [0.05, 0.1) is 12.4 Å². The summed E-state index contributed by atoms with van der Waals surface area (Å²) in [5.41, 5.74) is -0.887. The molecule has 0 aromatic carbocycles. The molecule has 1 unspecified atom stereocenters. The van der Waals surface area contributed by atoms with Crippen LogP contribution in [0.1, 0.15) is 86.0 Å². The molecule has 0 rings (SSSR count). The van der Waals surface area contributed by atoms with Crippen molar-refractivity contribution in [3.05, 3.63) is 0 Å². The molecule has 0 aliphatic heterocycles. The van der Waals surface area contributed by atoms with E-state index >= 15 is 0 Å². The molecule has 1 atom stereocenters. The molecule has 0 aliphatic rings. The Hall–Kier alpha value is 0.576. The van der Waals surface area contributed by atoms with Gasteiger partial charge in [-0.05, 0) is 19.8 Å². The van der Waals surface area contributed by atoms with Crippen molar-refractivity contribution in [1.82, 2.24) is 0 Å². The molecule has 0 saturated heterocycles. The minimum Gasteiger partial charge on any atom is -0.550 e. The topological polar surface area (TPSA) is 66.4 Å². The van der Waals surface area contributed by atoms with Gasteiger partial charge in [0, 0.05) is 5.41 Å². The molecule has 0 spiro atoms. The van der Waals surface area contributed by atoms with Gasteiger partial charge in [0.1, 0.15) is 5.60 Å². The number of esters is 1. The van der Waals surface area contributed by atoms with Crippen LogP contribution in [0, 0.1) is 5.41 Å². The van der Waals surface area contributed by atoms with Crippen LogP contribution in [0.5, 0.6) is 0 Å². The molecule has 124 valence electrons. The minimum absolute atomic E-state index is 0. The van der Waals surface area contributed by atoms with Crippen molar-refractivity contribution >= 4 is 11.9 Å². The third-order valence-corrected chi connectivity index (χ3v) is 4.22. The van der Waals surface area contributed by atoms with Crippen LogP contribution in [-0.2, 0) is 14.3 Å². The van der Waals surface area contributed by atoms with Crippen LogP contribution in [0.4, 0.5) is 0 Å². The van der Waals surface area contributed by atoms with Gasteiger partial charge < -0.3 is 14.6 Å². The van der Waals surface area contributed by atoms with Gasteiger partial charge in [-0.15, -0.1) is 0 Å². The van der Waals surface area contributed by atoms with Crippen LogP contribution in [0.15, 0.2) is 0 Å². The van der Waals surface area contributed by atoms with Crippen LogP contribution in [0.2, 0.25) is 0 Å². The summed E-state index contributed by atoms with van der Waals surface area (Å²) in [6, 6.07) is 0. The summed E-state index contributed by atoms with van der Waals surface area (Å²) in [5.74, 6) is -2.10. The van der Waals surface area contributed by atoms with Gasteiger partial charge >= 0.3 is 57.4 Å². The summed E-state index contributed by atoms with van der Waals surface area (Å²) in [7, 11) is 0. The number of unbranched alkanes of at least 4 members (excludes halogenated alkanes) is 5. The van der Waals surface area contributed by atoms with E-state index in [-0.39, 0.29) is 56.8 Å². The molecular weight excluding hydrogens is 307 g/mol. The van der Waals surface area contributed by atoms with Crippen molar-refractivity contribution in [3.8, 4) is 0 Å². The second-order valence-electron chi connectivity index (χ2n) is 7.02. The Morgan fingerprint density at radius 1 is 0.955 bits per heavy atom. The van der Waals surface area contributed by atoms with Gasteiger partial charge in [0.2, 0.25) is 0 Å². The van der Waals surface area contributed by atoms with Crippen LogP contribution in [0.3, 0.4) is 0 Å². The zero-order valence-electron chi connectivity index (χ0n) is 15.3. The molecule has 0 amide bonds. The summed E-state index contributed by atoms with van der Waals surface area (Å²) in [6.07, 6.45) is 7.09. The smallest absolute Gasteiger partial charge is 0.550 e. The van der Waals surface area contributed by atoms with Crippen molar-refractivity contribution in [2.45, 2.75) is 91.6 Å². The van der Waals surface area contributed by atoms with Gasteiger partial charge in [0.25, 0.3) is 0 Å². The number of ether oxygens (including phenoxy) is 1. The Kier molecular flexibility index (Phi) is 13.6. The summed E-state index contributed by atoms with van der Waals surface area (Å²) in [6.45, 7) is 10.1. The fraction of sp³-hybridized carbons (Fsp3) is 0.882. The average Bonchev–Trinajstić information content (AvgIpc) is 2.31. The number of carboxylic acids is 1. The van der Waals surface area contributed by atoms with Crippen LogP contribution >= 0.6 is 0 Å². The fourth-order valence-corrected chi connectivity index (χ4v) is 2.23. The van der Waals surface area contributed by atoms with Crippen LogP contribution in [-0.4, -0.2) is 17.5 Å². The van der Waals surface area contributed by atoms with E-state index in [2.05, 4.69) is 6.92 Å². The van der Waals surface area contributed by atoms with Crippen molar-refractivity contribution in [3.63, 3.8) is 0 Å². The average molecular weight is 339 g/mol. The standard InChI is InChI=1S/C17H32O4.K/c1-6-7-8-9-10-11-12-17(5,16(2,3)4)21-15(20)13-14(18)19;/h6-13H2,1-5H3,(H,18,19);/q;+1/p-1. The first-order valence-electron chi connectivity index (χ1n) is 8.04. The quantitative estimate of drug-likeness (QED) is 0.247. The predicted octanol–water partition coefficient (Wildman–Crippen LogP) is 0.229. The third-order valence-electron chi connectivity index (χ3n) is 4.22. The van der Waals surface area contributed by atoms with Gasteiger partial charge in [-0.1, -0.05) is 59.8 Å². The molecule has 0 radical (unpaired) electrons. The zero-order valence-corrected chi connectivity index (χ0v) is 18.4. The van der Waals surface area contributed by atoms with Crippen molar-refractivity contribution in [2.24, 2.45) is 5.41 Å². The number of hydrogen-bond donors (Lipinski definition) is 0. The van der Waals surface area contributed by atoms with Gasteiger partial charge in [-0.3, -0.25) is 4.79 Å². The maximum atomic E-state index is 11.6. The van der Waals surface area contributed by atoms with Crippen LogP contribution < -0.4 is 56.5 Å². The first kappa shape index (κ1) is 24.8. The van der Waals surface area contributed by atoms with Crippen molar-refractivity contribution in [2.75, 3.05) is 0 Å². The molecule has 0 N–H and O–H groups in total. The zero-order chi connectivity index (χ0) is 16.5. The van der Waals surface area contributed by atoms with Gasteiger partial charge in [-0.2, -0.15) is 0 Å². The Bertz CT molecular complexity index is 336. The summed E-state index contributed by atoms with van der Waals surface area (Å²) in [5, 5.41) is 10.5. The Labute approximate surface area is 178 Å². The molecule has 5 heteroatoms. The Balaban J connectivity index is 0. The van der Waals surface area contributed by atoms with Crippen molar-refractivity contribution in [1.29, 1.82) is 0 Å². The maximum absolute atomic E-state index is 11.6. The predicted molar refractivity (Wildman–Crippen MR) is 81.6 cm³/mol. The van der Waals surface area contributed by atoms with E-state index in [4.69, 9.17) is 4.74 Å². The van der Waals surface area contributed by atoms with Gasteiger partial charge in [0.15, 0.2) is 0 Å². The van der Waals surface area contributed by atoms with E-state index in [1.807, 2.05) is 27.7 Å². The number of aliphatic carboxylic acids is 1. The molecular formula is C17H31KO4. The Morgan fingerprint density at radius 3 is 1.91 bits per heavy atom. The van der Waals surface area contributed by atoms with Crippen LogP contribution in [0.25, 0.3) is 0 Å². The monoisotopic (exact) mass is 338 g/mol. The largest absolute Gasteiger partial charge is 1.00 e. The number of carboxylic acid groups (broad SMARTS) is 1. The van der Waals surface area contributed by atoms with E-state index in [0.29, 0.717) is 0 Å². The first-order chi connectivity index (χ1) is 9.62. The second-order valence-corrected chi connectivity index (χ2v) is 7.02. The summed E-state index contributed by atoms with van der Waals surface area (Å²) >= 11 is 0. The van der Waals surface area contributed by atoms with Gasteiger partial charge in [-0.25, -0.2) is 0 Å². The Morgan fingerprint density at radius 2 is 1.45 bits per heavy atom. The molecule has 22 heavy (non-hydrogen) atoms. The summed E-state index contributed by atoms with van der Waals surface area (Å²) < 4.78 is 5.48. The van der Waals surface area contributed by atoms with E-state index in [9.17, 15) is 14.7 Å². The molecule has 0 fully saturated rings. The fourth-order valence-electron chi connectivity index (χ4n) is 2.23. The molecule has 0 aromatic heterocycles. The maximum Gasteiger partial charge on any atom is 1.00 e. The van der Waals surface area contributed by atoms with Crippen molar-refractivity contribution < 1.29 is 70.8 Å². The van der Waals surface area contributed by atoms with E-state index < -0.39 is 24.0 Å². The molecule has 0 bridgehead atoms. The molecule has 0 aliphatic carbocycles. The molecule has 4 nitrogen and oxygen atoms in total. The molecule has 0 saturated carbocycles. The third kappa shape index (κ3) is 10.4. The van der Waals surface area contributed by atoms with E-state index in [0.717, 1.165) is 19.3 Å². The second kappa shape index (κ2) is 12.0. The van der Waals surface area contributed by atoms with E-state index in [1.165, 1.54) is 25.7 Å². The SMILES string of the molecule is CCCCCCCCC(C)(OC(=O)CC(=O)[O-])C(C)(C)C.[K+]. The minimum atomic E-state index is -1.39. The number of carbonyl (C=O) groups excluding carboxylic acids is 2. The number of rotatable bonds is 10. The number of carbonyl (C=O) groups is 2. The molecule has 0 heterocycles.